The lowest BCUT2D eigenvalue weighted by Crippen LogP contribution is -2.28. The molecule has 5 heteroatoms. The molecule has 0 saturated carbocycles. The first-order valence-electron chi connectivity index (χ1n) is 5.84. The van der Waals surface area contributed by atoms with Gasteiger partial charge in [-0.1, -0.05) is 6.07 Å². The van der Waals surface area contributed by atoms with Gasteiger partial charge < -0.3 is 15.4 Å². The van der Waals surface area contributed by atoms with Crippen molar-refractivity contribution in [1.82, 2.24) is 4.90 Å². The van der Waals surface area contributed by atoms with Crippen molar-refractivity contribution in [2.24, 2.45) is 10.7 Å². The SMILES string of the molecule is CN=C1c2ccc(CC(N)=O)cc2OCCN1C. The molecule has 0 aromatic heterocycles. The van der Waals surface area contributed by atoms with Crippen LogP contribution in [0, 0.1) is 0 Å². The van der Waals surface area contributed by atoms with Gasteiger partial charge in [0, 0.05) is 14.1 Å². The van der Waals surface area contributed by atoms with E-state index in [-0.39, 0.29) is 12.3 Å². The molecule has 0 spiro atoms. The smallest absolute Gasteiger partial charge is 0.221 e. The summed E-state index contributed by atoms with van der Waals surface area (Å²) in [6.45, 7) is 1.38. The Morgan fingerprint density at radius 3 is 3.00 bits per heavy atom. The molecule has 1 aromatic carbocycles. The van der Waals surface area contributed by atoms with Crippen LogP contribution in [0.1, 0.15) is 11.1 Å². The first-order valence-corrected chi connectivity index (χ1v) is 5.84. The quantitative estimate of drug-likeness (QED) is 0.823. The maximum atomic E-state index is 10.9. The molecule has 1 aliphatic heterocycles. The summed E-state index contributed by atoms with van der Waals surface area (Å²) < 4.78 is 5.70. The highest BCUT2D eigenvalue weighted by atomic mass is 16.5. The molecule has 1 amide bonds. The molecular weight excluding hydrogens is 230 g/mol. The van der Waals surface area contributed by atoms with Crippen molar-refractivity contribution in [3.05, 3.63) is 29.3 Å². The van der Waals surface area contributed by atoms with Gasteiger partial charge in [0.15, 0.2) is 0 Å². The van der Waals surface area contributed by atoms with Crippen molar-refractivity contribution in [3.63, 3.8) is 0 Å². The van der Waals surface area contributed by atoms with Crippen molar-refractivity contribution in [2.75, 3.05) is 27.2 Å². The van der Waals surface area contributed by atoms with Crippen LogP contribution < -0.4 is 10.5 Å². The monoisotopic (exact) mass is 247 g/mol. The number of aliphatic imine (C=N–C) groups is 1. The van der Waals surface area contributed by atoms with Crippen LogP contribution in [0.3, 0.4) is 0 Å². The number of nitrogens with two attached hydrogens (primary N) is 1. The average molecular weight is 247 g/mol. The minimum Gasteiger partial charge on any atom is -0.491 e. The molecule has 5 nitrogen and oxygen atoms in total. The number of amidine groups is 1. The zero-order valence-electron chi connectivity index (χ0n) is 10.6. The first-order chi connectivity index (χ1) is 8.61. The molecule has 1 heterocycles. The van der Waals surface area contributed by atoms with Crippen LogP contribution in [0.5, 0.6) is 5.75 Å². The van der Waals surface area contributed by atoms with Crippen LogP contribution >= 0.6 is 0 Å². The Labute approximate surface area is 106 Å². The van der Waals surface area contributed by atoms with Gasteiger partial charge in [0.2, 0.25) is 5.91 Å². The van der Waals surface area contributed by atoms with E-state index in [1.807, 2.05) is 25.2 Å². The number of primary amides is 1. The number of fused-ring (bicyclic) bond motifs is 1. The lowest BCUT2D eigenvalue weighted by atomic mass is 10.1. The largest absolute Gasteiger partial charge is 0.491 e. The number of amides is 1. The van der Waals surface area contributed by atoms with Gasteiger partial charge in [0.1, 0.15) is 18.2 Å². The van der Waals surface area contributed by atoms with Gasteiger partial charge in [-0.25, -0.2) is 0 Å². The van der Waals surface area contributed by atoms with Crippen molar-refractivity contribution in [2.45, 2.75) is 6.42 Å². The van der Waals surface area contributed by atoms with Crippen LogP contribution in [-0.2, 0) is 11.2 Å². The Kier molecular flexibility index (Phi) is 3.50. The molecule has 2 rings (SSSR count). The van der Waals surface area contributed by atoms with Crippen molar-refractivity contribution >= 4 is 11.7 Å². The van der Waals surface area contributed by atoms with Gasteiger partial charge in [-0.2, -0.15) is 0 Å². The lowest BCUT2D eigenvalue weighted by Gasteiger charge is -2.17. The number of ether oxygens (including phenoxy) is 1. The van der Waals surface area contributed by atoms with Gasteiger partial charge in [0.05, 0.1) is 18.5 Å². The summed E-state index contributed by atoms with van der Waals surface area (Å²) in [5.41, 5.74) is 7.01. The standard InChI is InChI=1S/C13H17N3O2/c1-15-13-10-4-3-9(8-12(14)17)7-11(10)18-6-5-16(13)2/h3-4,7H,5-6,8H2,1-2H3,(H2,14,17). The highest BCUT2D eigenvalue weighted by Gasteiger charge is 2.18. The second-order valence-electron chi connectivity index (χ2n) is 4.29. The van der Waals surface area contributed by atoms with Crippen LogP contribution in [0.4, 0.5) is 0 Å². The molecule has 0 radical (unpaired) electrons. The van der Waals surface area contributed by atoms with E-state index < -0.39 is 0 Å². The highest BCUT2D eigenvalue weighted by molar-refractivity contribution is 6.01. The zero-order chi connectivity index (χ0) is 13.1. The lowest BCUT2D eigenvalue weighted by molar-refractivity contribution is -0.117. The number of benzene rings is 1. The van der Waals surface area contributed by atoms with Crippen molar-refractivity contribution in [3.8, 4) is 5.75 Å². The molecule has 0 atom stereocenters. The van der Waals surface area contributed by atoms with E-state index in [2.05, 4.69) is 9.89 Å². The van der Waals surface area contributed by atoms with Gasteiger partial charge in [0.25, 0.3) is 0 Å². The number of nitrogens with zero attached hydrogens (tertiary/aromatic N) is 2. The van der Waals surface area contributed by atoms with E-state index in [0.717, 1.165) is 29.3 Å². The highest BCUT2D eigenvalue weighted by Crippen LogP contribution is 2.24. The minimum atomic E-state index is -0.343. The summed E-state index contributed by atoms with van der Waals surface area (Å²) in [5.74, 6) is 1.32. The number of hydrogen-bond donors (Lipinski definition) is 1. The van der Waals surface area contributed by atoms with Crippen LogP contribution in [0.15, 0.2) is 23.2 Å². The van der Waals surface area contributed by atoms with Crippen molar-refractivity contribution in [1.29, 1.82) is 0 Å². The number of rotatable bonds is 2. The van der Waals surface area contributed by atoms with E-state index >= 15 is 0 Å². The summed E-state index contributed by atoms with van der Waals surface area (Å²) in [6, 6.07) is 5.68. The Balaban J connectivity index is 2.40. The Bertz CT molecular complexity index is 497. The fraction of sp³-hybridized carbons (Fsp3) is 0.385. The summed E-state index contributed by atoms with van der Waals surface area (Å²) in [6.07, 6.45) is 0.227. The maximum absolute atomic E-state index is 10.9. The van der Waals surface area contributed by atoms with E-state index in [1.165, 1.54) is 0 Å². The second kappa shape index (κ2) is 5.08. The van der Waals surface area contributed by atoms with Gasteiger partial charge in [-0.3, -0.25) is 9.79 Å². The number of carbonyl (C=O) groups excluding carboxylic acids is 1. The normalized spacial score (nSPS) is 17.0. The Hall–Kier alpha value is -2.04. The average Bonchev–Trinajstić information content (AvgIpc) is 2.46. The van der Waals surface area contributed by atoms with Crippen LogP contribution in [0.25, 0.3) is 0 Å². The third-order valence-corrected chi connectivity index (χ3v) is 2.92. The molecule has 0 bridgehead atoms. The number of likely N-dealkylation sites (N-methyl/N-ethyl adjacent to an activating group) is 1. The van der Waals surface area contributed by atoms with E-state index in [4.69, 9.17) is 10.5 Å². The third kappa shape index (κ3) is 2.45. The first kappa shape index (κ1) is 12.4. The Morgan fingerprint density at radius 1 is 1.56 bits per heavy atom. The Morgan fingerprint density at radius 2 is 2.33 bits per heavy atom. The summed E-state index contributed by atoms with van der Waals surface area (Å²) in [7, 11) is 3.75. The minimum absolute atomic E-state index is 0.227. The van der Waals surface area contributed by atoms with E-state index in [1.54, 1.807) is 7.05 Å². The van der Waals surface area contributed by atoms with Crippen LogP contribution in [0.2, 0.25) is 0 Å². The summed E-state index contributed by atoms with van der Waals surface area (Å²) in [4.78, 5) is 17.3. The predicted molar refractivity (Wildman–Crippen MR) is 69.9 cm³/mol. The summed E-state index contributed by atoms with van der Waals surface area (Å²) in [5, 5.41) is 0. The molecule has 18 heavy (non-hydrogen) atoms. The molecule has 2 N–H and O–H groups in total. The molecule has 96 valence electrons. The van der Waals surface area contributed by atoms with Crippen molar-refractivity contribution < 1.29 is 9.53 Å². The maximum Gasteiger partial charge on any atom is 0.221 e. The van der Waals surface area contributed by atoms with Crippen LogP contribution in [-0.4, -0.2) is 43.9 Å². The fourth-order valence-electron chi connectivity index (χ4n) is 2.08. The van der Waals surface area contributed by atoms with Gasteiger partial charge in [-0.05, 0) is 17.7 Å². The molecule has 1 aliphatic rings. The molecule has 0 fully saturated rings. The van der Waals surface area contributed by atoms with Gasteiger partial charge in [-0.15, -0.1) is 0 Å². The second-order valence-corrected chi connectivity index (χ2v) is 4.29. The topological polar surface area (TPSA) is 67.9 Å². The third-order valence-electron chi connectivity index (χ3n) is 2.92. The predicted octanol–water partition coefficient (Wildman–Crippen LogP) is 0.415. The van der Waals surface area contributed by atoms with E-state index in [0.29, 0.717) is 6.61 Å². The molecule has 0 saturated heterocycles. The molecule has 0 aliphatic carbocycles. The molecule has 1 aromatic rings. The van der Waals surface area contributed by atoms with E-state index in [9.17, 15) is 4.79 Å². The van der Waals surface area contributed by atoms with Gasteiger partial charge >= 0.3 is 0 Å². The number of carbonyl (C=O) groups is 1. The summed E-state index contributed by atoms with van der Waals surface area (Å²) >= 11 is 0. The number of hydrogen-bond acceptors (Lipinski definition) is 3. The fourth-order valence-corrected chi connectivity index (χ4v) is 2.08. The molecular formula is C13H17N3O2. The zero-order valence-corrected chi connectivity index (χ0v) is 10.6. The molecule has 0 unspecified atom stereocenters.